The van der Waals surface area contributed by atoms with Gasteiger partial charge in [0.2, 0.25) is 0 Å². The van der Waals surface area contributed by atoms with Crippen LogP contribution in [0.2, 0.25) is 6.82 Å². The van der Waals surface area contributed by atoms with Gasteiger partial charge < -0.3 is 78.6 Å². The minimum atomic E-state index is -4.02. The maximum Gasteiger partial charge on any atom is 0.374 e. The van der Waals surface area contributed by atoms with Gasteiger partial charge in [0, 0.05) is 139 Å². The zero-order valence-electron chi connectivity index (χ0n) is 86.5. The Morgan fingerprint density at radius 2 is 0.794 bits per heavy atom. The molecule has 0 aliphatic carbocycles. The molecule has 30 heteroatoms. The van der Waals surface area contributed by atoms with Crippen LogP contribution in [0.5, 0.6) is 46.0 Å². The molecule has 5 aromatic carbocycles. The van der Waals surface area contributed by atoms with E-state index in [9.17, 15) is 32.6 Å². The fraction of sp³-hybridized carbons (Fsp3) is 0.670. The van der Waals surface area contributed by atoms with Crippen LogP contribution in [0.4, 0.5) is 0 Å². The van der Waals surface area contributed by atoms with E-state index in [1.165, 1.54) is 76.4 Å². The number of methoxy groups -OCH3 is 8. The standard InChI is InChI=1S/C25H41BN2O5.2C24H38N2O4.C19H27NO3.C7H8O3S.C5H10O.C2H3N/c1-15(2)10-18-14-28-9-8-17-11-22(31-6)23(32-7)12-19(17)20(28)13-21(18)33-25(29)24(16(3)4)27-26(5)30;2*1-14(2)9-17-13-26-8-7-16-10-21(28-5)22(29-6)11-18(16)19(26)12-20(17)30-24(27)23(25)15(3)4;1-12(2)7-14-11-20-6-5-13-8-18(22-3)19(23-4)9-15(13)16(20)10-17(14)21;1-6-2-4-7(5-3-6)11(8,9)10;1-5-3-2-4-6-5;1-2-3/h11-12,15-16,18,20-21,24,27,30H,8-10,13-14H2,1-7H3;2*10-11,14-15,17,19-20,23H,7-9,12-13,25H2,1-6H3;8-9,12,14,16H,5-7,10-11H2,1-4H3;2-5H,1H3,(H,8,9,10);5H,2-4H2,1H3;1H3/t18-,20-,21-,24+;2*17-,19-,20-,23+;14-,16-;;;/m1111.../s1. The summed E-state index contributed by atoms with van der Waals surface area (Å²) < 4.78 is 97.1. The number of hydrogen-bond donors (Lipinski definition) is 5. The predicted octanol–water partition coefficient (Wildman–Crippen LogP) is 16.6. The molecule has 0 bridgehead atoms. The minimum Gasteiger partial charge on any atom is -0.493 e. The van der Waals surface area contributed by atoms with E-state index >= 15 is 0 Å². The number of hydrogen-bond acceptors (Lipinski definition) is 27. The first kappa shape index (κ1) is 113. The van der Waals surface area contributed by atoms with Crippen molar-refractivity contribution in [2.75, 3.05) is 116 Å². The Bertz CT molecular complexity index is 4670. The molecule has 9 heterocycles. The van der Waals surface area contributed by atoms with Crippen LogP contribution in [0.3, 0.4) is 0 Å². The summed E-state index contributed by atoms with van der Waals surface area (Å²) in [5.41, 5.74) is 23.3. The van der Waals surface area contributed by atoms with E-state index in [1.807, 2.05) is 48.5 Å². The molecule has 0 spiro atoms. The SMILES string of the molecule is CC#N.CC1CCCO1.COc1cc2c(cc1OC)[C@H]1CC(=O)[C@H](CC(C)C)CN1CC2.COc1cc2c(cc1OC)[C@H]1C[C@@H](OC(=O)[C@@H](N)C(C)C)[C@H](CC(C)C)CN1CC2.COc1cc2c(cc1OC)[C@H]1C[C@@H](OC(=O)[C@@H](N)C(C)C)[C@H](CC(C)C)CN1CC2.COc1cc2c(cc1OC)[C@H]1C[C@@H](OC(=O)[C@@H](NB(C)O)C(C)C)[C@H](CC(C)C)CN1CC2.Cc1ccc(S(=O)(=O)O)cc1. The fourth-order valence-corrected chi connectivity index (χ4v) is 21.1. The summed E-state index contributed by atoms with van der Waals surface area (Å²) in [5, 5.41) is 20.1. The number of rotatable bonds is 28. The fourth-order valence-electron chi connectivity index (χ4n) is 20.7. The molecule has 136 heavy (non-hydrogen) atoms. The number of aryl methyl sites for hydroxylation is 1. The molecule has 9 aliphatic heterocycles. The summed E-state index contributed by atoms with van der Waals surface area (Å²) in [7, 11) is 8.54. The molecular weight excluding hydrogens is 1750 g/mol. The monoisotopic (exact) mass is 1910 g/mol. The molecule has 0 amide bonds. The topological polar surface area (TPSA) is 354 Å². The lowest BCUT2D eigenvalue weighted by Gasteiger charge is -2.47. The third-order valence-electron chi connectivity index (χ3n) is 27.8. The zero-order chi connectivity index (χ0) is 100. The van der Waals surface area contributed by atoms with E-state index in [0.29, 0.717) is 53.8 Å². The van der Waals surface area contributed by atoms with Crippen LogP contribution in [-0.4, -0.2) is 227 Å². The number of Topliss-reactive ketones (excluding diaryl/α,β-unsaturated/α-hetero) is 1. The molecule has 7 N–H and O–H groups in total. The van der Waals surface area contributed by atoms with Crippen molar-refractivity contribution >= 4 is 40.9 Å². The second-order valence-corrected chi connectivity index (χ2v) is 42.3. The number of nitrogens with two attached hydrogens (primary N) is 2. The number of piperidine rings is 4. The number of esters is 3. The first-order chi connectivity index (χ1) is 64.5. The van der Waals surface area contributed by atoms with E-state index in [-0.39, 0.29) is 94.9 Å². The molecule has 0 aromatic heterocycles. The molecule has 14 rings (SSSR count). The highest BCUT2D eigenvalue weighted by atomic mass is 32.2. The number of fused-ring (bicyclic) bond motifs is 12. The smallest absolute Gasteiger partial charge is 0.374 e. The molecule has 5 aromatic rings. The van der Waals surface area contributed by atoms with Gasteiger partial charge in [-0.25, -0.2) is 0 Å². The average Bonchev–Trinajstić information content (AvgIpc) is 0.829. The van der Waals surface area contributed by atoms with Crippen molar-refractivity contribution < 1.29 is 94.0 Å². The first-order valence-corrected chi connectivity index (χ1v) is 50.9. The maximum absolute atomic E-state index is 13.2. The van der Waals surface area contributed by atoms with E-state index in [2.05, 4.69) is 136 Å². The van der Waals surface area contributed by atoms with Gasteiger partial charge in [-0.05, 0) is 231 Å². The highest BCUT2D eigenvalue weighted by molar-refractivity contribution is 7.85. The Morgan fingerprint density at radius 1 is 0.493 bits per heavy atom. The van der Waals surface area contributed by atoms with E-state index < -0.39 is 35.3 Å². The van der Waals surface area contributed by atoms with Crippen LogP contribution in [-0.2, 0) is 73.9 Å². The third kappa shape index (κ3) is 31.1. The van der Waals surface area contributed by atoms with Crippen LogP contribution < -0.4 is 54.6 Å². The molecule has 15 atom stereocenters. The number of nitriles is 1. The number of ether oxygens (including phenoxy) is 12. The Balaban J connectivity index is 0.000000209. The second kappa shape index (κ2) is 53.3. The van der Waals surface area contributed by atoms with Gasteiger partial charge in [0.05, 0.1) is 73.9 Å². The van der Waals surface area contributed by atoms with Crippen molar-refractivity contribution in [2.24, 2.45) is 76.6 Å². The van der Waals surface area contributed by atoms with Crippen LogP contribution in [0, 0.1) is 83.4 Å². The minimum absolute atomic E-state index is 0.0165. The van der Waals surface area contributed by atoms with Gasteiger partial charge in [-0.1, -0.05) is 115 Å². The van der Waals surface area contributed by atoms with Gasteiger partial charge in [0.25, 0.3) is 10.1 Å². The summed E-state index contributed by atoms with van der Waals surface area (Å²) in [6.07, 6.45) is 13.7. The lowest BCUT2D eigenvalue weighted by molar-refractivity contribution is -0.161. The van der Waals surface area contributed by atoms with Crippen molar-refractivity contribution in [2.45, 2.75) is 286 Å². The zero-order valence-corrected chi connectivity index (χ0v) is 87.3. The van der Waals surface area contributed by atoms with Gasteiger partial charge in [-0.15, -0.1) is 0 Å². The van der Waals surface area contributed by atoms with Crippen molar-refractivity contribution in [3.63, 3.8) is 0 Å². The van der Waals surface area contributed by atoms with Gasteiger partial charge in [0.15, 0.2) is 46.0 Å². The van der Waals surface area contributed by atoms with E-state index in [1.54, 1.807) is 81.9 Å². The maximum atomic E-state index is 13.2. The highest BCUT2D eigenvalue weighted by Crippen LogP contribution is 2.50. The second-order valence-electron chi connectivity index (χ2n) is 40.9. The number of benzene rings is 5. The Kier molecular flexibility index (Phi) is 44.3. The van der Waals surface area contributed by atoms with Crippen LogP contribution in [0.1, 0.15) is 249 Å². The van der Waals surface area contributed by atoms with Crippen LogP contribution in [0.25, 0.3) is 0 Å². The number of ketones is 1. The average molecular weight is 1910 g/mol. The van der Waals surface area contributed by atoms with Gasteiger partial charge in [0.1, 0.15) is 42.2 Å². The number of carbonyl (C=O) groups excluding carboxylic acids is 4. The molecule has 28 nitrogen and oxygen atoms in total. The van der Waals surface area contributed by atoms with Crippen LogP contribution in [0.15, 0.2) is 77.7 Å². The first-order valence-electron chi connectivity index (χ1n) is 49.5. The predicted molar refractivity (Wildman–Crippen MR) is 533 cm³/mol. The highest BCUT2D eigenvalue weighted by Gasteiger charge is 2.47. The quantitative estimate of drug-likeness (QED) is 0.0134. The van der Waals surface area contributed by atoms with Crippen molar-refractivity contribution in [3.05, 3.63) is 123 Å². The molecule has 758 valence electrons. The lowest BCUT2D eigenvalue weighted by Crippen LogP contribution is -2.53. The number of nitrogens with one attached hydrogen (secondary N) is 1. The van der Waals surface area contributed by atoms with Crippen LogP contribution >= 0.6 is 0 Å². The Labute approximate surface area is 813 Å². The molecule has 0 saturated carbocycles. The third-order valence-corrected chi connectivity index (χ3v) is 28.7. The molecule has 5 fully saturated rings. The largest absolute Gasteiger partial charge is 0.493 e. The summed E-state index contributed by atoms with van der Waals surface area (Å²) >= 11 is 0. The van der Waals surface area contributed by atoms with E-state index in [0.717, 1.165) is 181 Å². The van der Waals surface area contributed by atoms with Gasteiger partial charge in [-0.2, -0.15) is 13.7 Å². The summed E-state index contributed by atoms with van der Waals surface area (Å²) in [4.78, 5) is 61.2. The molecule has 1 unspecified atom stereocenters. The van der Waals surface area contributed by atoms with Gasteiger partial charge in [-0.3, -0.25) is 43.3 Å². The summed E-state index contributed by atoms with van der Waals surface area (Å²) in [5.74, 6) is 9.11. The lowest BCUT2D eigenvalue weighted by atomic mass is 9.79. The van der Waals surface area contributed by atoms with E-state index in [4.69, 9.17) is 78.1 Å². The van der Waals surface area contributed by atoms with Crippen molar-refractivity contribution in [1.82, 2.24) is 24.8 Å². The summed E-state index contributed by atoms with van der Waals surface area (Å²) in [6.45, 7) is 45.2. The Morgan fingerprint density at radius 3 is 1.05 bits per heavy atom. The molecular formula is C106H165BN8O20S. The molecule has 9 aliphatic rings. The Hall–Kier alpha value is -8.32. The summed E-state index contributed by atoms with van der Waals surface area (Å²) in [6, 6.07) is 23.6. The number of carbonyl (C=O) groups is 4. The van der Waals surface area contributed by atoms with Crippen molar-refractivity contribution in [1.29, 1.82) is 5.26 Å². The van der Waals surface area contributed by atoms with Crippen molar-refractivity contribution in [3.8, 4) is 52.1 Å². The molecule has 5 saturated heterocycles. The molecule has 0 radical (unpaired) electrons. The number of nitrogens with zero attached hydrogens (tertiary/aromatic N) is 5. The normalized spacial score (nSPS) is 23.3. The van der Waals surface area contributed by atoms with Gasteiger partial charge >= 0.3 is 25.0 Å².